The molecule has 0 aliphatic carbocycles. The van der Waals surface area contributed by atoms with Crippen LogP contribution < -0.4 is 5.56 Å². The molecule has 0 N–H and O–H groups in total. The molecule has 1 fully saturated rings. The molecule has 28 heavy (non-hydrogen) atoms. The van der Waals surface area contributed by atoms with E-state index in [1.807, 2.05) is 41.5 Å². The number of nitrogens with zero attached hydrogens (tertiary/aromatic N) is 3. The molecule has 0 unspecified atom stereocenters. The molecule has 4 rings (SSSR count). The van der Waals surface area contributed by atoms with Crippen molar-refractivity contribution in [1.29, 1.82) is 0 Å². The number of hydrogen-bond acceptors (Lipinski definition) is 4. The predicted molar refractivity (Wildman–Crippen MR) is 114 cm³/mol. The molecule has 0 bridgehead atoms. The molecule has 0 radical (unpaired) electrons. The standard InChI is InChI=1S/C22H25N3O2S/c1-14-7-9-17(10-8-14)18-12-28-21-20(18)22(27)24(13-23-21)11-19(26)25-15(2)5-4-6-16(25)3/h7-10,12-13,15-16H,4-6,11H2,1-3H3/t15-,16-/m1/s1. The van der Waals surface area contributed by atoms with Crippen LogP contribution in [0.1, 0.15) is 38.7 Å². The van der Waals surface area contributed by atoms with Gasteiger partial charge in [0.1, 0.15) is 11.4 Å². The lowest BCUT2D eigenvalue weighted by molar-refractivity contribution is -0.138. The van der Waals surface area contributed by atoms with Gasteiger partial charge < -0.3 is 4.90 Å². The molecule has 3 heterocycles. The zero-order valence-corrected chi connectivity index (χ0v) is 17.3. The summed E-state index contributed by atoms with van der Waals surface area (Å²) in [6.07, 6.45) is 4.69. The van der Waals surface area contributed by atoms with Crippen LogP contribution in [0.4, 0.5) is 0 Å². The van der Waals surface area contributed by atoms with Crippen molar-refractivity contribution in [2.75, 3.05) is 0 Å². The number of carbonyl (C=O) groups is 1. The van der Waals surface area contributed by atoms with Crippen molar-refractivity contribution < 1.29 is 4.79 Å². The van der Waals surface area contributed by atoms with E-state index in [9.17, 15) is 9.59 Å². The number of aromatic nitrogens is 2. The van der Waals surface area contributed by atoms with Gasteiger partial charge in [0.15, 0.2) is 0 Å². The molecule has 146 valence electrons. The number of thiophene rings is 1. The van der Waals surface area contributed by atoms with Crippen molar-refractivity contribution in [3.8, 4) is 11.1 Å². The van der Waals surface area contributed by atoms with Crippen LogP contribution in [0.25, 0.3) is 21.3 Å². The van der Waals surface area contributed by atoms with Gasteiger partial charge >= 0.3 is 0 Å². The van der Waals surface area contributed by atoms with Gasteiger partial charge in [-0.25, -0.2) is 4.98 Å². The second-order valence-electron chi connectivity index (χ2n) is 7.80. The Bertz CT molecular complexity index is 1060. The topological polar surface area (TPSA) is 55.2 Å². The third kappa shape index (κ3) is 3.37. The third-order valence-corrected chi connectivity index (χ3v) is 6.60. The first-order valence-corrected chi connectivity index (χ1v) is 10.7. The third-order valence-electron chi connectivity index (χ3n) is 5.71. The molecule has 3 aromatic rings. The predicted octanol–water partition coefficient (Wildman–Crippen LogP) is 4.22. The van der Waals surface area contributed by atoms with E-state index in [-0.39, 0.29) is 30.1 Å². The summed E-state index contributed by atoms with van der Waals surface area (Å²) in [5.74, 6) is -0.00457. The van der Waals surface area contributed by atoms with Crippen LogP contribution in [-0.2, 0) is 11.3 Å². The summed E-state index contributed by atoms with van der Waals surface area (Å²) < 4.78 is 1.46. The molecule has 0 spiro atoms. The van der Waals surface area contributed by atoms with Gasteiger partial charge in [0.25, 0.3) is 5.56 Å². The second kappa shape index (κ2) is 7.51. The fraction of sp³-hybridized carbons (Fsp3) is 0.409. The molecule has 1 aliphatic heterocycles. The highest BCUT2D eigenvalue weighted by Gasteiger charge is 2.29. The lowest BCUT2D eigenvalue weighted by Gasteiger charge is -2.39. The summed E-state index contributed by atoms with van der Waals surface area (Å²) in [5, 5.41) is 2.58. The highest BCUT2D eigenvalue weighted by atomic mass is 32.1. The number of likely N-dealkylation sites (tertiary alicyclic amines) is 1. The van der Waals surface area contributed by atoms with Crippen LogP contribution in [0.5, 0.6) is 0 Å². The van der Waals surface area contributed by atoms with Crippen molar-refractivity contribution in [3.05, 3.63) is 51.9 Å². The Kier molecular flexibility index (Phi) is 5.06. The van der Waals surface area contributed by atoms with E-state index >= 15 is 0 Å². The molecule has 2 aromatic heterocycles. The number of benzene rings is 1. The van der Waals surface area contributed by atoms with Crippen molar-refractivity contribution in [1.82, 2.24) is 14.5 Å². The summed E-state index contributed by atoms with van der Waals surface area (Å²) in [6, 6.07) is 8.55. The average molecular weight is 396 g/mol. The fourth-order valence-corrected chi connectivity index (χ4v) is 5.07. The van der Waals surface area contributed by atoms with Crippen LogP contribution >= 0.6 is 11.3 Å². The molecule has 6 heteroatoms. The molecule has 1 saturated heterocycles. The van der Waals surface area contributed by atoms with Crippen molar-refractivity contribution in [2.24, 2.45) is 0 Å². The summed E-state index contributed by atoms with van der Waals surface area (Å²) in [5.41, 5.74) is 2.92. The second-order valence-corrected chi connectivity index (χ2v) is 8.66. The van der Waals surface area contributed by atoms with Gasteiger partial charge in [-0.3, -0.25) is 14.2 Å². The summed E-state index contributed by atoms with van der Waals surface area (Å²) in [6.45, 7) is 6.26. The zero-order chi connectivity index (χ0) is 19.8. The van der Waals surface area contributed by atoms with Gasteiger partial charge in [-0.15, -0.1) is 11.3 Å². The van der Waals surface area contributed by atoms with Crippen LogP contribution in [0.15, 0.2) is 40.8 Å². The van der Waals surface area contributed by atoms with Gasteiger partial charge in [0.2, 0.25) is 5.91 Å². The van der Waals surface area contributed by atoms with Gasteiger partial charge in [0, 0.05) is 23.0 Å². The number of amides is 1. The minimum atomic E-state index is -0.146. The minimum Gasteiger partial charge on any atom is -0.336 e. The quantitative estimate of drug-likeness (QED) is 0.667. The van der Waals surface area contributed by atoms with E-state index < -0.39 is 0 Å². The first-order valence-electron chi connectivity index (χ1n) is 9.80. The van der Waals surface area contributed by atoms with Crippen LogP contribution in [0.3, 0.4) is 0 Å². The molecule has 1 aromatic carbocycles. The lowest BCUT2D eigenvalue weighted by Crippen LogP contribution is -2.49. The van der Waals surface area contributed by atoms with Gasteiger partial charge in [0.05, 0.1) is 11.7 Å². The zero-order valence-electron chi connectivity index (χ0n) is 16.5. The number of piperidine rings is 1. The summed E-state index contributed by atoms with van der Waals surface area (Å²) in [7, 11) is 0. The van der Waals surface area contributed by atoms with Crippen LogP contribution in [-0.4, -0.2) is 32.4 Å². The minimum absolute atomic E-state index is 0.00457. The van der Waals surface area contributed by atoms with Gasteiger partial charge in [-0.2, -0.15) is 0 Å². The smallest absolute Gasteiger partial charge is 0.263 e. The highest BCUT2D eigenvalue weighted by molar-refractivity contribution is 7.17. The largest absolute Gasteiger partial charge is 0.336 e. The van der Waals surface area contributed by atoms with Crippen molar-refractivity contribution in [3.63, 3.8) is 0 Å². The summed E-state index contributed by atoms with van der Waals surface area (Å²) >= 11 is 1.46. The first kappa shape index (κ1) is 18.9. The molecular formula is C22H25N3O2S. The van der Waals surface area contributed by atoms with E-state index in [0.29, 0.717) is 10.2 Å². The van der Waals surface area contributed by atoms with E-state index in [1.165, 1.54) is 27.8 Å². The Morgan fingerprint density at radius 2 is 1.86 bits per heavy atom. The normalized spacial score (nSPS) is 19.9. The number of carbonyl (C=O) groups excluding carboxylic acids is 1. The number of fused-ring (bicyclic) bond motifs is 1. The summed E-state index contributed by atoms with van der Waals surface area (Å²) in [4.78, 5) is 33.2. The number of hydrogen-bond donors (Lipinski definition) is 0. The maximum Gasteiger partial charge on any atom is 0.263 e. The fourth-order valence-electron chi connectivity index (χ4n) is 4.17. The molecule has 5 nitrogen and oxygen atoms in total. The Morgan fingerprint density at radius 1 is 1.18 bits per heavy atom. The monoisotopic (exact) mass is 395 g/mol. The average Bonchev–Trinajstić information content (AvgIpc) is 3.09. The Balaban J connectivity index is 1.70. The lowest BCUT2D eigenvalue weighted by atomic mass is 9.97. The Hall–Kier alpha value is -2.47. The SMILES string of the molecule is Cc1ccc(-c2csc3ncn(CC(=O)N4[C@H](C)CCC[C@H]4C)c(=O)c23)cc1. The number of aryl methyl sites for hydroxylation is 1. The van der Waals surface area contributed by atoms with Gasteiger partial charge in [-0.1, -0.05) is 29.8 Å². The maximum atomic E-state index is 13.2. The van der Waals surface area contributed by atoms with E-state index in [0.717, 1.165) is 30.4 Å². The Labute approximate surface area is 168 Å². The highest BCUT2D eigenvalue weighted by Crippen LogP contribution is 2.30. The molecular weight excluding hydrogens is 370 g/mol. The van der Waals surface area contributed by atoms with Crippen molar-refractivity contribution >= 4 is 27.5 Å². The van der Waals surface area contributed by atoms with E-state index in [2.05, 4.69) is 18.8 Å². The first-order chi connectivity index (χ1) is 13.5. The van der Waals surface area contributed by atoms with Crippen LogP contribution in [0.2, 0.25) is 0 Å². The molecule has 2 atom stereocenters. The van der Waals surface area contributed by atoms with Crippen LogP contribution in [0, 0.1) is 6.92 Å². The molecule has 0 saturated carbocycles. The Morgan fingerprint density at radius 3 is 2.54 bits per heavy atom. The molecule has 1 amide bonds. The maximum absolute atomic E-state index is 13.2. The van der Waals surface area contributed by atoms with E-state index in [1.54, 1.807) is 0 Å². The van der Waals surface area contributed by atoms with E-state index in [4.69, 9.17) is 0 Å². The molecule has 1 aliphatic rings. The number of rotatable bonds is 3. The van der Waals surface area contributed by atoms with Gasteiger partial charge in [-0.05, 0) is 45.6 Å². The van der Waals surface area contributed by atoms with Crippen molar-refractivity contribution in [2.45, 2.75) is 58.7 Å².